The molecule has 1 heterocycles. The van der Waals surface area contributed by atoms with Gasteiger partial charge in [-0.25, -0.2) is 4.79 Å². The molecular formula is C17H20N2O4. The molecule has 1 aromatic carbocycles. The molecule has 0 radical (unpaired) electrons. The predicted molar refractivity (Wildman–Crippen MR) is 82.1 cm³/mol. The Kier molecular flexibility index (Phi) is 4.90. The topological polar surface area (TPSA) is 74.5 Å². The molecule has 0 saturated heterocycles. The van der Waals surface area contributed by atoms with Crippen LogP contribution in [0.15, 0.2) is 28.8 Å². The number of benzene rings is 1. The maximum atomic E-state index is 12.4. The van der Waals surface area contributed by atoms with Gasteiger partial charge in [0.15, 0.2) is 6.61 Å². The van der Waals surface area contributed by atoms with E-state index in [1.165, 1.54) is 6.42 Å². The molecule has 0 spiro atoms. The number of carbonyl (C=O) groups is 1. The second-order valence-electron chi connectivity index (χ2n) is 5.68. The van der Waals surface area contributed by atoms with Gasteiger partial charge in [-0.05, 0) is 37.8 Å². The molecule has 1 aliphatic rings. The average Bonchev–Trinajstić information content (AvgIpc) is 2.99. The Morgan fingerprint density at radius 1 is 1.26 bits per heavy atom. The molecule has 2 aromatic rings. The van der Waals surface area contributed by atoms with Crippen molar-refractivity contribution in [3.63, 3.8) is 0 Å². The van der Waals surface area contributed by atoms with Gasteiger partial charge in [-0.2, -0.15) is 4.98 Å². The third-order valence-electron chi connectivity index (χ3n) is 3.86. The fourth-order valence-corrected chi connectivity index (χ4v) is 2.70. The van der Waals surface area contributed by atoms with Gasteiger partial charge >= 0.3 is 5.97 Å². The number of ether oxygens (including phenoxy) is 2. The summed E-state index contributed by atoms with van der Waals surface area (Å²) in [6, 6.07) is 7.06. The molecule has 0 aliphatic heterocycles. The molecule has 122 valence electrons. The van der Waals surface area contributed by atoms with Crippen LogP contribution in [0.4, 0.5) is 0 Å². The van der Waals surface area contributed by atoms with E-state index in [-0.39, 0.29) is 18.7 Å². The van der Waals surface area contributed by atoms with Gasteiger partial charge in [0.1, 0.15) is 17.4 Å². The van der Waals surface area contributed by atoms with Crippen molar-refractivity contribution < 1.29 is 18.8 Å². The summed E-state index contributed by atoms with van der Waals surface area (Å²) in [5.41, 5.74) is 0.429. The van der Waals surface area contributed by atoms with Crippen molar-refractivity contribution in [2.24, 2.45) is 0 Å². The number of hydrogen-bond acceptors (Lipinski definition) is 6. The third-order valence-corrected chi connectivity index (χ3v) is 3.86. The molecule has 1 aliphatic carbocycles. The SMILES string of the molecule is Cc1nc(COc2ccccc2C(=O)OC2CCCCC2)no1. The minimum atomic E-state index is -0.336. The summed E-state index contributed by atoms with van der Waals surface area (Å²) in [5.74, 6) is 1.05. The van der Waals surface area contributed by atoms with Crippen LogP contribution >= 0.6 is 0 Å². The zero-order valence-electron chi connectivity index (χ0n) is 13.2. The van der Waals surface area contributed by atoms with Crippen molar-refractivity contribution in [2.45, 2.75) is 51.7 Å². The van der Waals surface area contributed by atoms with E-state index in [1.54, 1.807) is 25.1 Å². The second-order valence-corrected chi connectivity index (χ2v) is 5.68. The number of rotatable bonds is 5. The van der Waals surface area contributed by atoms with Gasteiger partial charge in [0, 0.05) is 6.92 Å². The summed E-state index contributed by atoms with van der Waals surface area (Å²) < 4.78 is 16.2. The maximum absolute atomic E-state index is 12.4. The van der Waals surface area contributed by atoms with E-state index in [4.69, 9.17) is 14.0 Å². The zero-order valence-corrected chi connectivity index (χ0v) is 13.2. The summed E-state index contributed by atoms with van der Waals surface area (Å²) in [6.45, 7) is 1.86. The molecule has 6 heteroatoms. The van der Waals surface area contributed by atoms with E-state index in [0.717, 1.165) is 25.7 Å². The van der Waals surface area contributed by atoms with Crippen molar-refractivity contribution in [3.8, 4) is 5.75 Å². The zero-order chi connectivity index (χ0) is 16.1. The van der Waals surface area contributed by atoms with Gasteiger partial charge in [-0.15, -0.1) is 0 Å². The summed E-state index contributed by atoms with van der Waals surface area (Å²) in [5, 5.41) is 3.77. The van der Waals surface area contributed by atoms with Crippen LogP contribution in [0.1, 0.15) is 54.2 Å². The molecule has 0 atom stereocenters. The van der Waals surface area contributed by atoms with Crippen molar-refractivity contribution in [1.82, 2.24) is 10.1 Å². The quantitative estimate of drug-likeness (QED) is 0.787. The highest BCUT2D eigenvalue weighted by atomic mass is 16.5. The van der Waals surface area contributed by atoms with Crippen LogP contribution in [-0.4, -0.2) is 22.2 Å². The molecule has 23 heavy (non-hydrogen) atoms. The predicted octanol–water partition coefficient (Wildman–Crippen LogP) is 3.45. The van der Waals surface area contributed by atoms with Gasteiger partial charge < -0.3 is 14.0 Å². The van der Waals surface area contributed by atoms with Crippen molar-refractivity contribution in [3.05, 3.63) is 41.5 Å². The number of hydrogen-bond donors (Lipinski definition) is 0. The van der Waals surface area contributed by atoms with E-state index < -0.39 is 0 Å². The number of aryl methyl sites for hydroxylation is 1. The van der Waals surface area contributed by atoms with E-state index in [0.29, 0.717) is 23.0 Å². The van der Waals surface area contributed by atoms with Crippen LogP contribution < -0.4 is 4.74 Å². The van der Waals surface area contributed by atoms with Crippen molar-refractivity contribution in [1.29, 1.82) is 0 Å². The van der Waals surface area contributed by atoms with Crippen LogP contribution in [0.3, 0.4) is 0 Å². The molecule has 0 N–H and O–H groups in total. The Morgan fingerprint density at radius 2 is 2.04 bits per heavy atom. The van der Waals surface area contributed by atoms with Gasteiger partial charge in [0.2, 0.25) is 11.7 Å². The lowest BCUT2D eigenvalue weighted by molar-refractivity contribution is 0.0206. The molecule has 0 amide bonds. The molecule has 0 bridgehead atoms. The smallest absolute Gasteiger partial charge is 0.342 e. The van der Waals surface area contributed by atoms with Crippen molar-refractivity contribution >= 4 is 5.97 Å². The van der Waals surface area contributed by atoms with Gasteiger partial charge in [-0.1, -0.05) is 23.7 Å². The van der Waals surface area contributed by atoms with Crippen molar-refractivity contribution in [2.75, 3.05) is 0 Å². The molecule has 1 aromatic heterocycles. The van der Waals surface area contributed by atoms with E-state index >= 15 is 0 Å². The number of nitrogens with zero attached hydrogens (tertiary/aromatic N) is 2. The molecule has 3 rings (SSSR count). The average molecular weight is 316 g/mol. The van der Waals surface area contributed by atoms with Gasteiger partial charge in [0.25, 0.3) is 0 Å². The fraction of sp³-hybridized carbons (Fsp3) is 0.471. The summed E-state index contributed by atoms with van der Waals surface area (Å²) in [7, 11) is 0. The van der Waals surface area contributed by atoms with E-state index in [9.17, 15) is 4.79 Å². The number of esters is 1. The summed E-state index contributed by atoms with van der Waals surface area (Å²) in [6.07, 6.45) is 5.36. The molecule has 1 fully saturated rings. The standard InChI is InChI=1S/C17H20N2O4/c1-12-18-16(19-23-12)11-21-15-10-6-5-9-14(15)17(20)22-13-7-3-2-4-8-13/h5-6,9-10,13H,2-4,7-8,11H2,1H3. The number of carbonyl (C=O) groups excluding carboxylic acids is 1. The highest BCUT2D eigenvalue weighted by Crippen LogP contribution is 2.24. The Morgan fingerprint density at radius 3 is 2.78 bits per heavy atom. The third kappa shape index (κ3) is 4.09. The fourth-order valence-electron chi connectivity index (χ4n) is 2.70. The van der Waals surface area contributed by atoms with Crippen LogP contribution in [0.25, 0.3) is 0 Å². The minimum Gasteiger partial charge on any atom is -0.485 e. The Labute approximate surface area is 134 Å². The van der Waals surface area contributed by atoms with E-state index in [1.807, 2.05) is 6.07 Å². The largest absolute Gasteiger partial charge is 0.485 e. The minimum absolute atomic E-state index is 0.0177. The van der Waals surface area contributed by atoms with Crippen LogP contribution in [0.2, 0.25) is 0 Å². The summed E-state index contributed by atoms with van der Waals surface area (Å²) >= 11 is 0. The monoisotopic (exact) mass is 316 g/mol. The van der Waals surface area contributed by atoms with Gasteiger partial charge in [0.05, 0.1) is 0 Å². The first-order chi connectivity index (χ1) is 11.2. The lowest BCUT2D eigenvalue weighted by Gasteiger charge is -2.22. The molecular weight excluding hydrogens is 296 g/mol. The Balaban J connectivity index is 1.65. The van der Waals surface area contributed by atoms with Crippen LogP contribution in [-0.2, 0) is 11.3 Å². The number of para-hydroxylation sites is 1. The number of aromatic nitrogens is 2. The van der Waals surface area contributed by atoms with Gasteiger partial charge in [-0.3, -0.25) is 0 Å². The highest BCUT2D eigenvalue weighted by Gasteiger charge is 2.21. The molecule has 0 unspecified atom stereocenters. The maximum Gasteiger partial charge on any atom is 0.342 e. The second kappa shape index (κ2) is 7.26. The first-order valence-electron chi connectivity index (χ1n) is 7.94. The van der Waals surface area contributed by atoms with E-state index in [2.05, 4.69) is 10.1 Å². The lowest BCUT2D eigenvalue weighted by atomic mass is 9.98. The first-order valence-corrected chi connectivity index (χ1v) is 7.94. The lowest BCUT2D eigenvalue weighted by Crippen LogP contribution is -2.21. The van der Waals surface area contributed by atoms with Crippen LogP contribution in [0.5, 0.6) is 5.75 Å². The normalized spacial score (nSPS) is 15.3. The highest BCUT2D eigenvalue weighted by molar-refractivity contribution is 5.92. The Hall–Kier alpha value is -2.37. The van der Waals surface area contributed by atoms with Crippen LogP contribution in [0, 0.1) is 6.92 Å². The Bertz CT molecular complexity index is 662. The first kappa shape index (κ1) is 15.5. The summed E-state index contributed by atoms with van der Waals surface area (Å²) in [4.78, 5) is 16.5. The molecule has 6 nitrogen and oxygen atoms in total. The molecule has 1 saturated carbocycles.